The fourth-order valence-electron chi connectivity index (χ4n) is 4.18. The summed E-state index contributed by atoms with van der Waals surface area (Å²) in [5.41, 5.74) is 0.606. The second kappa shape index (κ2) is 2.18. The van der Waals surface area contributed by atoms with Gasteiger partial charge in [-0.05, 0) is 43.4 Å². The first-order valence-corrected chi connectivity index (χ1v) is 5.72. The molecule has 0 aromatic carbocycles. The normalized spacial score (nSPS) is 53.9. The van der Waals surface area contributed by atoms with E-state index in [9.17, 15) is 4.79 Å². The quantitative estimate of drug-likeness (QED) is 0.557. The fourth-order valence-corrected chi connectivity index (χ4v) is 4.18. The summed E-state index contributed by atoms with van der Waals surface area (Å²) in [5, 5.41) is 0. The lowest BCUT2D eigenvalue weighted by Crippen LogP contribution is -2.31. The molecule has 0 saturated heterocycles. The molecule has 13 heavy (non-hydrogen) atoms. The van der Waals surface area contributed by atoms with Crippen molar-refractivity contribution in [1.29, 1.82) is 0 Å². The minimum Gasteiger partial charge on any atom is -0.299 e. The Bertz CT molecular complexity index is 270. The molecule has 0 N–H and O–H groups in total. The molecule has 3 atom stereocenters. The van der Waals surface area contributed by atoms with Crippen molar-refractivity contribution in [2.75, 3.05) is 0 Å². The molecule has 1 spiro atoms. The van der Waals surface area contributed by atoms with Crippen LogP contribution in [0, 0.1) is 16.7 Å². The fraction of sp³-hybridized carbons (Fsp3) is 0.917. The van der Waals surface area contributed by atoms with E-state index in [-0.39, 0.29) is 5.41 Å². The first-order chi connectivity index (χ1) is 6.19. The van der Waals surface area contributed by atoms with Crippen molar-refractivity contribution in [3.63, 3.8) is 0 Å². The number of rotatable bonds is 0. The van der Waals surface area contributed by atoms with Gasteiger partial charge in [0.1, 0.15) is 5.78 Å². The molecule has 0 amide bonds. The first-order valence-electron chi connectivity index (χ1n) is 5.72. The minimum absolute atomic E-state index is 0.198. The largest absolute Gasteiger partial charge is 0.299 e. The third-order valence-electron chi connectivity index (χ3n) is 5.11. The van der Waals surface area contributed by atoms with E-state index < -0.39 is 0 Å². The van der Waals surface area contributed by atoms with Gasteiger partial charge in [0.05, 0.1) is 0 Å². The zero-order chi connectivity index (χ0) is 9.10. The van der Waals surface area contributed by atoms with E-state index in [1.165, 1.54) is 32.1 Å². The minimum atomic E-state index is 0.198. The summed E-state index contributed by atoms with van der Waals surface area (Å²) >= 11 is 0. The topological polar surface area (TPSA) is 17.1 Å². The Morgan fingerprint density at radius 1 is 1.31 bits per heavy atom. The van der Waals surface area contributed by atoms with Crippen LogP contribution in [0.25, 0.3) is 0 Å². The van der Waals surface area contributed by atoms with Crippen LogP contribution in [0.5, 0.6) is 0 Å². The van der Waals surface area contributed by atoms with Crippen molar-refractivity contribution in [2.45, 2.75) is 51.9 Å². The predicted molar refractivity (Wildman–Crippen MR) is 51.4 cm³/mol. The molecular formula is C12H18O. The van der Waals surface area contributed by atoms with Gasteiger partial charge in [-0.15, -0.1) is 0 Å². The van der Waals surface area contributed by atoms with E-state index in [0.717, 1.165) is 18.8 Å². The summed E-state index contributed by atoms with van der Waals surface area (Å²) < 4.78 is 0. The maximum atomic E-state index is 12.1. The van der Waals surface area contributed by atoms with Crippen LogP contribution >= 0.6 is 0 Å². The molecular weight excluding hydrogens is 160 g/mol. The molecule has 72 valence electrons. The number of carbonyl (C=O) groups is 1. The van der Waals surface area contributed by atoms with Crippen molar-refractivity contribution >= 4 is 5.78 Å². The first kappa shape index (κ1) is 8.02. The standard InChI is InChI=1S/C12H18O/c1-11-6-3-2-4-10(13)12(11)8-9(12)5-7-11/h9H,2-8H2,1H3. The Morgan fingerprint density at radius 2 is 2.15 bits per heavy atom. The van der Waals surface area contributed by atoms with Crippen LogP contribution in [0.15, 0.2) is 0 Å². The summed E-state index contributed by atoms with van der Waals surface area (Å²) in [6.07, 6.45) is 8.54. The van der Waals surface area contributed by atoms with Gasteiger partial charge in [0.2, 0.25) is 0 Å². The lowest BCUT2D eigenvalue weighted by atomic mass is 9.71. The number of carbonyl (C=O) groups excluding carboxylic acids is 1. The summed E-state index contributed by atoms with van der Waals surface area (Å²) in [4.78, 5) is 12.1. The zero-order valence-electron chi connectivity index (χ0n) is 8.44. The van der Waals surface area contributed by atoms with Crippen LogP contribution in [0.1, 0.15) is 51.9 Å². The van der Waals surface area contributed by atoms with Gasteiger partial charge in [-0.3, -0.25) is 4.79 Å². The van der Waals surface area contributed by atoms with Crippen LogP contribution in [-0.4, -0.2) is 5.78 Å². The van der Waals surface area contributed by atoms with Crippen molar-refractivity contribution in [3.8, 4) is 0 Å². The van der Waals surface area contributed by atoms with Crippen molar-refractivity contribution in [2.24, 2.45) is 16.7 Å². The van der Waals surface area contributed by atoms with Gasteiger partial charge < -0.3 is 0 Å². The average Bonchev–Trinajstić information content (AvgIpc) is 2.80. The maximum absolute atomic E-state index is 12.1. The second-order valence-electron chi connectivity index (χ2n) is 5.60. The molecule has 0 bridgehead atoms. The van der Waals surface area contributed by atoms with Crippen molar-refractivity contribution in [1.82, 2.24) is 0 Å². The van der Waals surface area contributed by atoms with Gasteiger partial charge in [0.15, 0.2) is 0 Å². The third-order valence-corrected chi connectivity index (χ3v) is 5.11. The third kappa shape index (κ3) is 0.769. The van der Waals surface area contributed by atoms with Gasteiger partial charge >= 0.3 is 0 Å². The predicted octanol–water partition coefficient (Wildman–Crippen LogP) is 2.94. The van der Waals surface area contributed by atoms with Crippen LogP contribution in [0.3, 0.4) is 0 Å². The maximum Gasteiger partial charge on any atom is 0.139 e. The molecule has 3 saturated carbocycles. The SMILES string of the molecule is CC12CCCCC(=O)C13CC3CC2. The van der Waals surface area contributed by atoms with E-state index >= 15 is 0 Å². The van der Waals surface area contributed by atoms with Gasteiger partial charge in [0.25, 0.3) is 0 Å². The molecule has 3 aliphatic carbocycles. The van der Waals surface area contributed by atoms with Crippen molar-refractivity contribution in [3.05, 3.63) is 0 Å². The summed E-state index contributed by atoms with van der Waals surface area (Å²) in [6.45, 7) is 2.38. The molecule has 3 rings (SSSR count). The lowest BCUT2D eigenvalue weighted by Gasteiger charge is -2.32. The number of hydrogen-bond donors (Lipinski definition) is 0. The Labute approximate surface area is 79.9 Å². The Kier molecular flexibility index (Phi) is 1.35. The van der Waals surface area contributed by atoms with E-state index in [4.69, 9.17) is 0 Å². The number of hydrogen-bond acceptors (Lipinski definition) is 1. The molecule has 3 fully saturated rings. The highest BCUT2D eigenvalue weighted by molar-refractivity contribution is 5.89. The molecule has 0 radical (unpaired) electrons. The number of Topliss-reactive ketones (excluding diaryl/α,β-unsaturated/α-hetero) is 1. The molecule has 0 heterocycles. The Morgan fingerprint density at radius 3 is 2.92 bits per heavy atom. The zero-order valence-corrected chi connectivity index (χ0v) is 8.44. The molecule has 3 aliphatic rings. The lowest BCUT2D eigenvalue weighted by molar-refractivity contribution is -0.127. The summed E-state index contributed by atoms with van der Waals surface area (Å²) in [7, 11) is 0. The molecule has 0 aromatic heterocycles. The van der Waals surface area contributed by atoms with E-state index in [2.05, 4.69) is 6.92 Å². The van der Waals surface area contributed by atoms with Gasteiger partial charge in [0, 0.05) is 11.8 Å². The van der Waals surface area contributed by atoms with E-state index in [1.807, 2.05) is 0 Å². The smallest absolute Gasteiger partial charge is 0.139 e. The van der Waals surface area contributed by atoms with Gasteiger partial charge in [-0.1, -0.05) is 13.3 Å². The summed E-state index contributed by atoms with van der Waals surface area (Å²) in [6, 6.07) is 0. The van der Waals surface area contributed by atoms with Gasteiger partial charge in [-0.25, -0.2) is 0 Å². The highest BCUT2D eigenvalue weighted by Gasteiger charge is 2.71. The average molecular weight is 178 g/mol. The highest BCUT2D eigenvalue weighted by atomic mass is 16.1. The monoisotopic (exact) mass is 178 g/mol. The van der Waals surface area contributed by atoms with E-state index in [0.29, 0.717) is 11.2 Å². The van der Waals surface area contributed by atoms with Crippen molar-refractivity contribution < 1.29 is 4.79 Å². The molecule has 0 aromatic rings. The van der Waals surface area contributed by atoms with Crippen LogP contribution in [0.4, 0.5) is 0 Å². The summed E-state index contributed by atoms with van der Waals surface area (Å²) in [5.74, 6) is 1.41. The van der Waals surface area contributed by atoms with Crippen LogP contribution in [-0.2, 0) is 4.79 Å². The Balaban J connectivity index is 2.03. The van der Waals surface area contributed by atoms with Crippen LogP contribution < -0.4 is 0 Å². The molecule has 1 nitrogen and oxygen atoms in total. The van der Waals surface area contributed by atoms with Gasteiger partial charge in [-0.2, -0.15) is 0 Å². The molecule has 3 unspecified atom stereocenters. The van der Waals surface area contributed by atoms with E-state index in [1.54, 1.807) is 0 Å². The second-order valence-corrected chi connectivity index (χ2v) is 5.60. The number of ketones is 1. The Hall–Kier alpha value is -0.330. The molecule has 0 aliphatic heterocycles. The molecule has 1 heteroatoms. The van der Waals surface area contributed by atoms with Crippen LogP contribution in [0.2, 0.25) is 0 Å². The highest BCUT2D eigenvalue weighted by Crippen LogP contribution is 2.75.